The topological polar surface area (TPSA) is 29.3 Å². The highest BCUT2D eigenvalue weighted by Gasteiger charge is 2.42. The normalized spacial score (nSPS) is 31.6. The van der Waals surface area contributed by atoms with Gasteiger partial charge in [0.25, 0.3) is 0 Å². The summed E-state index contributed by atoms with van der Waals surface area (Å²) in [5.41, 5.74) is 9.50. The van der Waals surface area contributed by atoms with Crippen molar-refractivity contribution in [2.75, 3.05) is 19.6 Å². The summed E-state index contributed by atoms with van der Waals surface area (Å²) >= 11 is 0. The molecule has 0 spiro atoms. The third-order valence-corrected chi connectivity index (χ3v) is 5.53. The molecule has 2 N–H and O–H groups in total. The standard InChI is InChI=1S/C18H28N2/c1-15-10-11-18(14-19,17-9-5-4-8-16(15)17)20-12-6-2-3-7-13-20/h4-5,8-9,15H,2-3,6-7,10-14,19H2,1H3. The second-order valence-electron chi connectivity index (χ2n) is 6.66. The Morgan fingerprint density at radius 2 is 1.85 bits per heavy atom. The molecular formula is C18H28N2. The highest BCUT2D eigenvalue weighted by Crippen LogP contribution is 2.44. The molecule has 0 saturated carbocycles. The number of nitrogens with two attached hydrogens (primary N) is 1. The van der Waals surface area contributed by atoms with E-state index in [1.807, 2.05) is 0 Å². The molecule has 2 aliphatic rings. The zero-order chi connectivity index (χ0) is 14.0. The molecule has 0 amide bonds. The molecule has 2 unspecified atom stereocenters. The van der Waals surface area contributed by atoms with E-state index < -0.39 is 0 Å². The third kappa shape index (κ3) is 2.29. The third-order valence-electron chi connectivity index (χ3n) is 5.53. The lowest BCUT2D eigenvalue weighted by atomic mass is 9.71. The Bertz CT molecular complexity index is 448. The molecule has 0 bridgehead atoms. The summed E-state index contributed by atoms with van der Waals surface area (Å²) in [6.07, 6.45) is 7.93. The van der Waals surface area contributed by atoms with E-state index in [1.165, 1.54) is 62.7 Å². The van der Waals surface area contributed by atoms with Gasteiger partial charge in [-0.25, -0.2) is 0 Å². The van der Waals surface area contributed by atoms with Gasteiger partial charge in [0.2, 0.25) is 0 Å². The van der Waals surface area contributed by atoms with Gasteiger partial charge in [0.15, 0.2) is 0 Å². The number of likely N-dealkylation sites (tertiary alicyclic amines) is 1. The van der Waals surface area contributed by atoms with Gasteiger partial charge >= 0.3 is 0 Å². The molecule has 1 aromatic carbocycles. The van der Waals surface area contributed by atoms with Crippen molar-refractivity contribution in [2.24, 2.45) is 5.73 Å². The summed E-state index contributed by atoms with van der Waals surface area (Å²) in [6.45, 7) is 5.57. The van der Waals surface area contributed by atoms with E-state index in [0.717, 1.165) is 6.54 Å². The summed E-state index contributed by atoms with van der Waals surface area (Å²) in [4.78, 5) is 2.71. The van der Waals surface area contributed by atoms with Crippen LogP contribution in [0.15, 0.2) is 24.3 Å². The lowest BCUT2D eigenvalue weighted by Gasteiger charge is -2.48. The van der Waals surface area contributed by atoms with Gasteiger partial charge < -0.3 is 5.73 Å². The van der Waals surface area contributed by atoms with Crippen LogP contribution in [-0.4, -0.2) is 24.5 Å². The van der Waals surface area contributed by atoms with Crippen molar-refractivity contribution >= 4 is 0 Å². The number of hydrogen-bond acceptors (Lipinski definition) is 2. The van der Waals surface area contributed by atoms with Gasteiger partial charge in [-0.2, -0.15) is 0 Å². The van der Waals surface area contributed by atoms with Crippen molar-refractivity contribution in [1.29, 1.82) is 0 Å². The van der Waals surface area contributed by atoms with Crippen LogP contribution in [0.3, 0.4) is 0 Å². The first-order valence-corrected chi connectivity index (χ1v) is 8.32. The monoisotopic (exact) mass is 272 g/mol. The lowest BCUT2D eigenvalue weighted by molar-refractivity contribution is 0.0743. The van der Waals surface area contributed by atoms with E-state index in [0.29, 0.717) is 5.92 Å². The molecule has 1 aliphatic heterocycles. The number of benzene rings is 1. The molecule has 1 aromatic rings. The largest absolute Gasteiger partial charge is 0.328 e. The van der Waals surface area contributed by atoms with Crippen LogP contribution in [0, 0.1) is 0 Å². The van der Waals surface area contributed by atoms with Gasteiger partial charge in [-0.3, -0.25) is 4.90 Å². The van der Waals surface area contributed by atoms with Crippen molar-refractivity contribution in [2.45, 2.75) is 56.9 Å². The van der Waals surface area contributed by atoms with Gasteiger partial charge in [-0.15, -0.1) is 0 Å². The maximum Gasteiger partial charge on any atom is 0.0586 e. The van der Waals surface area contributed by atoms with Crippen molar-refractivity contribution in [3.63, 3.8) is 0 Å². The molecule has 1 fully saturated rings. The fraction of sp³-hybridized carbons (Fsp3) is 0.667. The second-order valence-corrected chi connectivity index (χ2v) is 6.66. The molecule has 3 rings (SSSR count). The Hall–Kier alpha value is -0.860. The van der Waals surface area contributed by atoms with Crippen LogP contribution in [-0.2, 0) is 5.54 Å². The van der Waals surface area contributed by atoms with E-state index in [9.17, 15) is 0 Å². The van der Waals surface area contributed by atoms with E-state index in [1.54, 1.807) is 0 Å². The predicted molar refractivity (Wildman–Crippen MR) is 84.9 cm³/mol. The van der Waals surface area contributed by atoms with Crippen molar-refractivity contribution in [3.8, 4) is 0 Å². The molecule has 2 atom stereocenters. The van der Waals surface area contributed by atoms with Gasteiger partial charge in [-0.1, -0.05) is 44.0 Å². The summed E-state index contributed by atoms with van der Waals surface area (Å²) < 4.78 is 0. The average molecular weight is 272 g/mol. The molecule has 1 saturated heterocycles. The van der Waals surface area contributed by atoms with Crippen LogP contribution < -0.4 is 5.73 Å². The Balaban J connectivity index is 2.01. The number of nitrogens with zero attached hydrogens (tertiary/aromatic N) is 1. The predicted octanol–water partition coefficient (Wildman–Crippen LogP) is 3.61. The number of hydrogen-bond donors (Lipinski definition) is 1. The maximum atomic E-state index is 6.34. The zero-order valence-corrected chi connectivity index (χ0v) is 12.8. The summed E-state index contributed by atoms with van der Waals surface area (Å²) in [7, 11) is 0. The minimum Gasteiger partial charge on any atom is -0.328 e. The van der Waals surface area contributed by atoms with Crippen LogP contribution in [0.5, 0.6) is 0 Å². The highest BCUT2D eigenvalue weighted by atomic mass is 15.2. The van der Waals surface area contributed by atoms with Gasteiger partial charge in [0, 0.05) is 6.54 Å². The van der Waals surface area contributed by atoms with Crippen LogP contribution in [0.4, 0.5) is 0 Å². The SMILES string of the molecule is CC1CCC(CN)(N2CCCCCC2)c2ccccc21. The fourth-order valence-corrected chi connectivity index (χ4v) is 4.26. The summed E-state index contributed by atoms with van der Waals surface area (Å²) in [5, 5.41) is 0. The Morgan fingerprint density at radius 3 is 2.55 bits per heavy atom. The second kappa shape index (κ2) is 5.87. The number of rotatable bonds is 2. The lowest BCUT2D eigenvalue weighted by Crippen LogP contribution is -2.53. The fourth-order valence-electron chi connectivity index (χ4n) is 4.26. The minimum atomic E-state index is 0.105. The average Bonchev–Trinajstić information content (AvgIpc) is 2.78. The molecule has 1 aliphatic carbocycles. The van der Waals surface area contributed by atoms with Crippen molar-refractivity contribution < 1.29 is 0 Å². The van der Waals surface area contributed by atoms with Crippen molar-refractivity contribution in [1.82, 2.24) is 4.90 Å². The molecule has 2 nitrogen and oxygen atoms in total. The first kappa shape index (κ1) is 14.1. The summed E-state index contributed by atoms with van der Waals surface area (Å²) in [6, 6.07) is 9.04. The molecule has 20 heavy (non-hydrogen) atoms. The van der Waals surface area contributed by atoms with Crippen molar-refractivity contribution in [3.05, 3.63) is 35.4 Å². The zero-order valence-electron chi connectivity index (χ0n) is 12.8. The van der Waals surface area contributed by atoms with Crippen LogP contribution in [0.2, 0.25) is 0 Å². The number of fused-ring (bicyclic) bond motifs is 1. The van der Waals surface area contributed by atoms with Crippen LogP contribution >= 0.6 is 0 Å². The Kier molecular flexibility index (Phi) is 4.13. The smallest absolute Gasteiger partial charge is 0.0586 e. The first-order chi connectivity index (χ1) is 9.78. The van der Waals surface area contributed by atoms with Crippen LogP contribution in [0.1, 0.15) is 62.5 Å². The molecule has 110 valence electrons. The van der Waals surface area contributed by atoms with E-state index in [-0.39, 0.29) is 5.54 Å². The summed E-state index contributed by atoms with van der Waals surface area (Å²) in [5.74, 6) is 0.679. The quantitative estimate of drug-likeness (QED) is 0.891. The first-order valence-electron chi connectivity index (χ1n) is 8.32. The van der Waals surface area contributed by atoms with Gasteiger partial charge in [0.05, 0.1) is 5.54 Å². The van der Waals surface area contributed by atoms with E-state index in [4.69, 9.17) is 5.73 Å². The highest BCUT2D eigenvalue weighted by molar-refractivity contribution is 5.39. The minimum absolute atomic E-state index is 0.105. The molecule has 1 heterocycles. The molecule has 0 aromatic heterocycles. The van der Waals surface area contributed by atoms with Gasteiger partial charge in [-0.05, 0) is 55.8 Å². The molecule has 2 heteroatoms. The molecule has 0 radical (unpaired) electrons. The Labute approximate surface area is 123 Å². The van der Waals surface area contributed by atoms with Gasteiger partial charge in [0.1, 0.15) is 0 Å². The van der Waals surface area contributed by atoms with E-state index >= 15 is 0 Å². The Morgan fingerprint density at radius 1 is 1.15 bits per heavy atom. The van der Waals surface area contributed by atoms with Crippen LogP contribution in [0.25, 0.3) is 0 Å². The van der Waals surface area contributed by atoms with E-state index in [2.05, 4.69) is 36.1 Å². The maximum absolute atomic E-state index is 6.34. The molecular weight excluding hydrogens is 244 g/mol.